The monoisotopic (exact) mass is 490 g/mol. The average molecular weight is 491 g/mol. The lowest BCUT2D eigenvalue weighted by molar-refractivity contribution is -0.121. The van der Waals surface area contributed by atoms with E-state index < -0.39 is 0 Å². The number of ether oxygens (including phenoxy) is 3. The second-order valence-electron chi connectivity index (χ2n) is 9.03. The molecule has 2 amide bonds. The van der Waals surface area contributed by atoms with Crippen molar-refractivity contribution in [3.63, 3.8) is 0 Å². The summed E-state index contributed by atoms with van der Waals surface area (Å²) in [6, 6.07) is 15.3. The highest BCUT2D eigenvalue weighted by molar-refractivity contribution is 5.95. The lowest BCUT2D eigenvalue weighted by Gasteiger charge is -2.31. The number of carbonyl (C=O) groups is 2. The number of nitrogens with one attached hydrogen (secondary N) is 1. The minimum Gasteiger partial charge on any atom is -0.493 e. The number of benzene rings is 2. The van der Waals surface area contributed by atoms with Crippen LogP contribution in [-0.2, 0) is 22.7 Å². The first-order valence-corrected chi connectivity index (χ1v) is 12.1. The second kappa shape index (κ2) is 10.4. The van der Waals surface area contributed by atoms with Crippen molar-refractivity contribution in [3.05, 3.63) is 71.8 Å². The smallest absolute Gasteiger partial charge is 0.274 e. The highest BCUT2D eigenvalue weighted by atomic mass is 16.5. The van der Waals surface area contributed by atoms with Crippen LogP contribution in [0.15, 0.2) is 54.9 Å². The molecule has 1 unspecified atom stereocenters. The molecule has 0 bridgehead atoms. The Hall–Kier alpha value is -3.85. The summed E-state index contributed by atoms with van der Waals surface area (Å²) in [7, 11) is 3.13. The zero-order chi connectivity index (χ0) is 25.1. The molecule has 36 heavy (non-hydrogen) atoms. The third kappa shape index (κ3) is 4.79. The average Bonchev–Trinajstić information content (AvgIpc) is 3.36. The molecule has 1 N–H and O–H groups in total. The number of nitrogens with zero attached hydrogens (tertiary/aromatic N) is 3. The van der Waals surface area contributed by atoms with E-state index in [1.54, 1.807) is 43.6 Å². The number of likely N-dealkylation sites (tertiary alicyclic amines) is 1. The Bertz CT molecular complexity index is 1230. The van der Waals surface area contributed by atoms with Gasteiger partial charge in [0, 0.05) is 30.8 Å². The molecule has 2 aromatic carbocycles. The predicted octanol–water partition coefficient (Wildman–Crippen LogP) is 3.66. The summed E-state index contributed by atoms with van der Waals surface area (Å²) in [5.74, 6) is 0.814. The molecular weight excluding hydrogens is 460 g/mol. The van der Waals surface area contributed by atoms with Crippen molar-refractivity contribution in [1.29, 1.82) is 0 Å². The number of imidazole rings is 1. The number of hydrogen-bond donors (Lipinski definition) is 1. The molecule has 1 atom stereocenters. The molecule has 0 saturated carbocycles. The summed E-state index contributed by atoms with van der Waals surface area (Å²) in [4.78, 5) is 32.3. The van der Waals surface area contributed by atoms with Crippen LogP contribution in [0, 0.1) is 5.92 Å². The zero-order valence-corrected chi connectivity index (χ0v) is 20.5. The summed E-state index contributed by atoms with van der Waals surface area (Å²) < 4.78 is 18.6. The first kappa shape index (κ1) is 23.9. The Morgan fingerprint density at radius 1 is 1.03 bits per heavy atom. The van der Waals surface area contributed by atoms with E-state index in [4.69, 9.17) is 14.2 Å². The van der Waals surface area contributed by atoms with Gasteiger partial charge in [-0.2, -0.15) is 0 Å². The number of carbonyl (C=O) groups excluding carboxylic acids is 2. The fourth-order valence-corrected chi connectivity index (χ4v) is 4.83. The van der Waals surface area contributed by atoms with Crippen molar-refractivity contribution in [1.82, 2.24) is 14.5 Å². The van der Waals surface area contributed by atoms with Gasteiger partial charge in [0.2, 0.25) is 5.91 Å². The van der Waals surface area contributed by atoms with Gasteiger partial charge in [-0.1, -0.05) is 30.3 Å². The highest BCUT2D eigenvalue weighted by Crippen LogP contribution is 2.31. The van der Waals surface area contributed by atoms with Gasteiger partial charge < -0.3 is 29.0 Å². The molecule has 0 spiro atoms. The van der Waals surface area contributed by atoms with Crippen LogP contribution < -0.4 is 14.8 Å². The quantitative estimate of drug-likeness (QED) is 0.567. The highest BCUT2D eigenvalue weighted by Gasteiger charge is 2.32. The lowest BCUT2D eigenvalue weighted by atomic mass is 9.95. The maximum atomic E-state index is 13.3. The van der Waals surface area contributed by atoms with Crippen LogP contribution in [-0.4, -0.2) is 53.6 Å². The summed E-state index contributed by atoms with van der Waals surface area (Å²) in [5.41, 5.74) is 3.00. The number of hydrogen-bond acceptors (Lipinski definition) is 6. The van der Waals surface area contributed by atoms with E-state index in [1.807, 2.05) is 34.9 Å². The summed E-state index contributed by atoms with van der Waals surface area (Å²) >= 11 is 0. The van der Waals surface area contributed by atoms with Gasteiger partial charge >= 0.3 is 0 Å². The van der Waals surface area contributed by atoms with Crippen molar-refractivity contribution in [2.45, 2.75) is 32.1 Å². The third-order valence-corrected chi connectivity index (χ3v) is 6.91. The Kier molecular flexibility index (Phi) is 6.90. The topological polar surface area (TPSA) is 94.9 Å². The molecule has 9 nitrogen and oxygen atoms in total. The van der Waals surface area contributed by atoms with Gasteiger partial charge in [-0.25, -0.2) is 4.98 Å². The maximum absolute atomic E-state index is 13.3. The van der Waals surface area contributed by atoms with Crippen LogP contribution >= 0.6 is 0 Å². The minimum absolute atomic E-state index is 0.0595. The summed E-state index contributed by atoms with van der Waals surface area (Å²) in [6.07, 6.45) is 2.85. The van der Waals surface area contributed by atoms with Crippen LogP contribution in [0.2, 0.25) is 0 Å². The predicted molar refractivity (Wildman–Crippen MR) is 133 cm³/mol. The Balaban J connectivity index is 1.18. The molecule has 5 rings (SSSR count). The van der Waals surface area contributed by atoms with Crippen molar-refractivity contribution >= 4 is 17.5 Å². The van der Waals surface area contributed by atoms with E-state index >= 15 is 0 Å². The standard InChI is InChI=1S/C27H30N4O5/c1-34-22-9-8-20(14-23(22)35-2)29-26(32)19-10-12-30(13-11-19)27(33)25-21-16-36-24(15-31(21)17-28-25)18-6-4-3-5-7-18/h3-9,14,17,19,24H,10-13,15-16H2,1-2H3,(H,29,32). The van der Waals surface area contributed by atoms with E-state index in [-0.39, 0.29) is 23.8 Å². The van der Waals surface area contributed by atoms with E-state index in [0.29, 0.717) is 62.0 Å². The van der Waals surface area contributed by atoms with E-state index in [9.17, 15) is 9.59 Å². The van der Waals surface area contributed by atoms with Gasteiger partial charge in [0.1, 0.15) is 6.10 Å². The molecule has 0 radical (unpaired) electrons. The Morgan fingerprint density at radius 2 is 1.78 bits per heavy atom. The molecule has 9 heteroatoms. The molecular formula is C27H30N4O5. The van der Waals surface area contributed by atoms with Crippen LogP contribution in [0.1, 0.15) is 40.7 Å². The van der Waals surface area contributed by atoms with Gasteiger partial charge in [-0.3, -0.25) is 9.59 Å². The van der Waals surface area contributed by atoms with Crippen molar-refractivity contribution < 1.29 is 23.8 Å². The normalized spacial score (nSPS) is 17.8. The van der Waals surface area contributed by atoms with Crippen LogP contribution in [0.4, 0.5) is 5.69 Å². The van der Waals surface area contributed by atoms with Crippen LogP contribution in [0.5, 0.6) is 11.5 Å². The number of aromatic nitrogens is 2. The first-order valence-electron chi connectivity index (χ1n) is 12.1. The molecule has 2 aliphatic rings. The zero-order valence-electron chi connectivity index (χ0n) is 20.5. The number of anilines is 1. The number of amides is 2. The van der Waals surface area contributed by atoms with Crippen molar-refractivity contribution in [2.24, 2.45) is 5.92 Å². The molecule has 188 valence electrons. The number of fused-ring (bicyclic) bond motifs is 1. The summed E-state index contributed by atoms with van der Waals surface area (Å²) in [5, 5.41) is 2.96. The summed E-state index contributed by atoms with van der Waals surface area (Å²) in [6.45, 7) is 1.97. The largest absolute Gasteiger partial charge is 0.493 e. The maximum Gasteiger partial charge on any atom is 0.274 e. The first-order chi connectivity index (χ1) is 17.6. The van der Waals surface area contributed by atoms with Crippen LogP contribution in [0.3, 0.4) is 0 Å². The minimum atomic E-state index is -0.173. The fraction of sp³-hybridized carbons (Fsp3) is 0.370. The van der Waals surface area contributed by atoms with Gasteiger partial charge in [0.25, 0.3) is 5.91 Å². The van der Waals surface area contributed by atoms with E-state index in [1.165, 1.54) is 0 Å². The number of rotatable bonds is 6. The Morgan fingerprint density at radius 3 is 2.50 bits per heavy atom. The molecule has 3 heterocycles. The molecule has 1 fully saturated rings. The lowest BCUT2D eigenvalue weighted by Crippen LogP contribution is -2.42. The Labute approximate surface area is 210 Å². The molecule has 2 aliphatic heterocycles. The van der Waals surface area contributed by atoms with E-state index in [2.05, 4.69) is 10.3 Å². The SMILES string of the molecule is COc1ccc(NC(=O)C2CCN(C(=O)c3ncn4c3COC(c3ccccc3)C4)CC2)cc1OC. The molecule has 0 aliphatic carbocycles. The van der Waals surface area contributed by atoms with Crippen molar-refractivity contribution in [3.8, 4) is 11.5 Å². The number of methoxy groups -OCH3 is 2. The molecule has 3 aromatic rings. The van der Waals surface area contributed by atoms with Gasteiger partial charge in [0.15, 0.2) is 17.2 Å². The van der Waals surface area contributed by atoms with Gasteiger partial charge in [-0.05, 0) is 30.5 Å². The van der Waals surface area contributed by atoms with E-state index in [0.717, 1.165) is 11.3 Å². The second-order valence-corrected chi connectivity index (χ2v) is 9.03. The van der Waals surface area contributed by atoms with Crippen LogP contribution in [0.25, 0.3) is 0 Å². The van der Waals surface area contributed by atoms with Gasteiger partial charge in [-0.15, -0.1) is 0 Å². The molecule has 1 saturated heterocycles. The number of piperidine rings is 1. The third-order valence-electron chi connectivity index (χ3n) is 6.91. The fourth-order valence-electron chi connectivity index (χ4n) is 4.83. The molecule has 1 aromatic heterocycles. The van der Waals surface area contributed by atoms with Gasteiger partial charge in [0.05, 0.1) is 39.4 Å². The van der Waals surface area contributed by atoms with Crippen molar-refractivity contribution in [2.75, 3.05) is 32.6 Å².